The van der Waals surface area contributed by atoms with E-state index in [0.29, 0.717) is 19.6 Å². The first-order chi connectivity index (χ1) is 7.55. The minimum atomic E-state index is -3.51. The van der Waals surface area contributed by atoms with Gasteiger partial charge in [-0.15, -0.1) is 0 Å². The lowest BCUT2D eigenvalue weighted by molar-refractivity contribution is 0.186. The first-order valence-electron chi connectivity index (χ1n) is 5.44. The topological polar surface area (TPSA) is 83.6 Å². The molecule has 1 aliphatic heterocycles. The summed E-state index contributed by atoms with van der Waals surface area (Å²) in [7, 11) is -6.76. The molecule has 1 N–H and O–H groups in total. The normalized spacial score (nSPS) is 22.5. The minimum Gasteiger partial charge on any atom is -0.314 e. The molecule has 6 nitrogen and oxygen atoms in total. The van der Waals surface area contributed by atoms with Gasteiger partial charge in [-0.1, -0.05) is 0 Å². The summed E-state index contributed by atoms with van der Waals surface area (Å²) in [6.45, 7) is 5.22. The molecule has 1 fully saturated rings. The molecule has 0 aliphatic carbocycles. The third kappa shape index (κ3) is 4.20. The lowest BCUT2D eigenvalue weighted by atomic mass is 10.0. The standard InChI is InChI=1S/C9H20N2O4S2/c1-9(2)8-10-4-5-11(9)17(14,15)7-6-16(3,12)13/h10H,4-8H2,1-3H3. The highest BCUT2D eigenvalue weighted by Gasteiger charge is 2.38. The van der Waals surface area contributed by atoms with Crippen LogP contribution in [0.1, 0.15) is 13.8 Å². The van der Waals surface area contributed by atoms with Gasteiger partial charge in [-0.05, 0) is 13.8 Å². The van der Waals surface area contributed by atoms with Gasteiger partial charge in [0.25, 0.3) is 0 Å². The highest BCUT2D eigenvalue weighted by molar-refractivity contribution is 7.93. The van der Waals surface area contributed by atoms with Crippen molar-refractivity contribution in [2.24, 2.45) is 0 Å². The molecule has 0 unspecified atom stereocenters. The third-order valence-corrected chi connectivity index (χ3v) is 6.04. The summed E-state index contributed by atoms with van der Waals surface area (Å²) in [5, 5.41) is 3.13. The van der Waals surface area contributed by atoms with Crippen LogP contribution in [0.3, 0.4) is 0 Å². The molecule has 0 spiro atoms. The summed E-state index contributed by atoms with van der Waals surface area (Å²) < 4.78 is 47.6. The van der Waals surface area contributed by atoms with Gasteiger partial charge in [-0.3, -0.25) is 0 Å². The van der Waals surface area contributed by atoms with E-state index in [1.165, 1.54) is 4.31 Å². The average Bonchev–Trinajstić information content (AvgIpc) is 2.13. The first-order valence-corrected chi connectivity index (χ1v) is 9.11. The van der Waals surface area contributed by atoms with Crippen molar-refractivity contribution < 1.29 is 16.8 Å². The fraction of sp³-hybridized carbons (Fsp3) is 1.00. The molecule has 1 heterocycles. The Hall–Kier alpha value is -0.180. The molecule has 17 heavy (non-hydrogen) atoms. The van der Waals surface area contributed by atoms with E-state index in [0.717, 1.165) is 6.26 Å². The SMILES string of the molecule is CC1(C)CNCCN1S(=O)(=O)CCS(C)(=O)=O. The van der Waals surface area contributed by atoms with Crippen LogP contribution in [0.5, 0.6) is 0 Å². The van der Waals surface area contributed by atoms with Gasteiger partial charge >= 0.3 is 0 Å². The van der Waals surface area contributed by atoms with Crippen molar-refractivity contribution in [2.45, 2.75) is 19.4 Å². The zero-order valence-corrected chi connectivity index (χ0v) is 12.1. The van der Waals surface area contributed by atoms with Gasteiger partial charge in [0.15, 0.2) is 0 Å². The van der Waals surface area contributed by atoms with Crippen molar-refractivity contribution in [2.75, 3.05) is 37.4 Å². The number of nitrogens with zero attached hydrogens (tertiary/aromatic N) is 1. The summed E-state index contributed by atoms with van der Waals surface area (Å²) in [5.41, 5.74) is -0.505. The summed E-state index contributed by atoms with van der Waals surface area (Å²) in [5.74, 6) is -0.662. The van der Waals surface area contributed by atoms with E-state index in [1.54, 1.807) is 0 Å². The molecule has 0 aromatic rings. The molecule has 0 radical (unpaired) electrons. The zero-order chi connectivity index (χ0) is 13.3. The van der Waals surface area contributed by atoms with Crippen LogP contribution in [0.2, 0.25) is 0 Å². The van der Waals surface area contributed by atoms with E-state index in [4.69, 9.17) is 0 Å². The number of sulfonamides is 1. The highest BCUT2D eigenvalue weighted by Crippen LogP contribution is 2.20. The largest absolute Gasteiger partial charge is 0.314 e. The number of hydrogen-bond acceptors (Lipinski definition) is 5. The third-order valence-electron chi connectivity index (χ3n) is 2.77. The van der Waals surface area contributed by atoms with Gasteiger partial charge in [0, 0.05) is 31.4 Å². The molecule has 1 aliphatic rings. The predicted molar refractivity (Wildman–Crippen MR) is 67.2 cm³/mol. The Kier molecular flexibility index (Phi) is 4.23. The number of hydrogen-bond donors (Lipinski definition) is 1. The van der Waals surface area contributed by atoms with Crippen LogP contribution in [-0.4, -0.2) is 64.1 Å². The molecular weight excluding hydrogens is 264 g/mol. The lowest BCUT2D eigenvalue weighted by Gasteiger charge is -2.41. The van der Waals surface area contributed by atoms with Crippen molar-refractivity contribution in [3.63, 3.8) is 0 Å². The van der Waals surface area contributed by atoms with Crippen LogP contribution >= 0.6 is 0 Å². The summed E-state index contributed by atoms with van der Waals surface area (Å²) in [6, 6.07) is 0. The molecule has 1 saturated heterocycles. The van der Waals surface area contributed by atoms with Gasteiger partial charge in [-0.2, -0.15) is 4.31 Å². The van der Waals surface area contributed by atoms with E-state index < -0.39 is 25.4 Å². The second kappa shape index (κ2) is 4.83. The van der Waals surface area contributed by atoms with Crippen LogP contribution in [0, 0.1) is 0 Å². The average molecular weight is 284 g/mol. The maximum Gasteiger partial charge on any atom is 0.215 e. The monoisotopic (exact) mass is 284 g/mol. The summed E-state index contributed by atoms with van der Waals surface area (Å²) >= 11 is 0. The van der Waals surface area contributed by atoms with Crippen molar-refractivity contribution in [3.8, 4) is 0 Å². The van der Waals surface area contributed by atoms with Gasteiger partial charge < -0.3 is 5.32 Å². The molecule has 0 bridgehead atoms. The quantitative estimate of drug-likeness (QED) is 0.719. The number of piperazine rings is 1. The molecule has 0 amide bonds. The first kappa shape index (κ1) is 14.9. The Morgan fingerprint density at radius 2 is 1.76 bits per heavy atom. The van der Waals surface area contributed by atoms with Crippen molar-refractivity contribution in [3.05, 3.63) is 0 Å². The molecule has 0 saturated carbocycles. The number of rotatable bonds is 4. The van der Waals surface area contributed by atoms with Crippen molar-refractivity contribution in [1.82, 2.24) is 9.62 Å². The summed E-state index contributed by atoms with van der Waals surface area (Å²) in [4.78, 5) is 0. The van der Waals surface area contributed by atoms with Crippen LogP contribution < -0.4 is 5.32 Å². The molecule has 0 atom stereocenters. The molecule has 102 valence electrons. The van der Waals surface area contributed by atoms with Gasteiger partial charge in [0.1, 0.15) is 9.84 Å². The van der Waals surface area contributed by atoms with E-state index in [9.17, 15) is 16.8 Å². The Morgan fingerprint density at radius 1 is 1.18 bits per heavy atom. The Labute approximate surface area is 103 Å². The van der Waals surface area contributed by atoms with Crippen molar-refractivity contribution >= 4 is 19.9 Å². The van der Waals surface area contributed by atoms with E-state index in [1.807, 2.05) is 13.8 Å². The Morgan fingerprint density at radius 3 is 2.24 bits per heavy atom. The smallest absolute Gasteiger partial charge is 0.215 e. The second-order valence-corrected chi connectivity index (χ2v) is 9.28. The zero-order valence-electron chi connectivity index (χ0n) is 10.4. The molecule has 8 heteroatoms. The predicted octanol–water partition coefficient (Wildman–Crippen LogP) is -0.955. The van der Waals surface area contributed by atoms with Crippen LogP contribution in [0.4, 0.5) is 0 Å². The Bertz CT molecular complexity index is 467. The van der Waals surface area contributed by atoms with Gasteiger partial charge in [-0.25, -0.2) is 16.8 Å². The fourth-order valence-corrected chi connectivity index (χ4v) is 5.31. The second-order valence-electron chi connectivity index (χ2n) is 5.01. The fourth-order valence-electron chi connectivity index (χ4n) is 1.85. The lowest BCUT2D eigenvalue weighted by Crippen LogP contribution is -2.60. The number of nitrogens with one attached hydrogen (secondary N) is 1. The summed E-state index contributed by atoms with van der Waals surface area (Å²) in [6.07, 6.45) is 1.05. The van der Waals surface area contributed by atoms with E-state index in [2.05, 4.69) is 5.32 Å². The Balaban J connectivity index is 2.82. The van der Waals surface area contributed by atoms with Crippen molar-refractivity contribution in [1.29, 1.82) is 0 Å². The maximum absolute atomic E-state index is 12.1. The minimum absolute atomic E-state index is 0.324. The molecular formula is C9H20N2O4S2. The molecule has 0 aromatic heterocycles. The molecule has 1 rings (SSSR count). The van der Waals surface area contributed by atoms with Crippen LogP contribution in [0.25, 0.3) is 0 Å². The van der Waals surface area contributed by atoms with Crippen LogP contribution in [0.15, 0.2) is 0 Å². The van der Waals surface area contributed by atoms with Crippen LogP contribution in [-0.2, 0) is 19.9 Å². The molecule has 0 aromatic carbocycles. The van der Waals surface area contributed by atoms with Gasteiger partial charge in [0.2, 0.25) is 10.0 Å². The number of sulfone groups is 1. The maximum atomic E-state index is 12.1. The van der Waals surface area contributed by atoms with E-state index >= 15 is 0 Å². The van der Waals surface area contributed by atoms with E-state index in [-0.39, 0.29) is 11.5 Å². The highest BCUT2D eigenvalue weighted by atomic mass is 32.2. The van der Waals surface area contributed by atoms with Gasteiger partial charge in [0.05, 0.1) is 11.5 Å².